The third kappa shape index (κ3) is 5.90. The number of ether oxygens (including phenoxy) is 2. The molecule has 31 heavy (non-hydrogen) atoms. The minimum atomic E-state index is -0.379. The molecule has 3 aromatic rings. The number of halogens is 2. The molecule has 0 aliphatic rings. The van der Waals surface area contributed by atoms with E-state index in [4.69, 9.17) is 32.7 Å². The van der Waals surface area contributed by atoms with Crippen LogP contribution in [0.1, 0.15) is 15.9 Å². The lowest BCUT2D eigenvalue weighted by molar-refractivity contribution is -0.118. The van der Waals surface area contributed by atoms with Crippen LogP contribution in [0, 0.1) is 6.92 Å². The standard InChI is InChI=1S/C23H20Cl2N2O4/c1-14-5-3-4-6-20(14)31-13-22(28)26-19-11-17(25)18(12-21(19)30-2)27-23(29)15-7-9-16(24)10-8-15/h3-12H,13H2,1-2H3,(H,26,28)(H,27,29). The normalized spacial score (nSPS) is 10.3. The maximum atomic E-state index is 12.4. The number of anilines is 2. The number of amides is 2. The molecule has 0 bridgehead atoms. The fraction of sp³-hybridized carbons (Fsp3) is 0.130. The molecule has 2 N–H and O–H groups in total. The fourth-order valence-electron chi connectivity index (χ4n) is 2.76. The van der Waals surface area contributed by atoms with Gasteiger partial charge in [0.1, 0.15) is 11.5 Å². The summed E-state index contributed by atoms with van der Waals surface area (Å²) < 4.78 is 10.9. The molecule has 0 saturated carbocycles. The van der Waals surface area contributed by atoms with Crippen molar-refractivity contribution in [3.63, 3.8) is 0 Å². The lowest BCUT2D eigenvalue weighted by Crippen LogP contribution is -2.21. The number of carbonyl (C=O) groups excluding carboxylic acids is 2. The summed E-state index contributed by atoms with van der Waals surface area (Å²) >= 11 is 12.2. The zero-order chi connectivity index (χ0) is 22.4. The van der Waals surface area contributed by atoms with Crippen LogP contribution in [0.4, 0.5) is 11.4 Å². The van der Waals surface area contributed by atoms with Gasteiger partial charge in [-0.3, -0.25) is 9.59 Å². The van der Waals surface area contributed by atoms with E-state index in [1.807, 2.05) is 25.1 Å². The summed E-state index contributed by atoms with van der Waals surface area (Å²) in [4.78, 5) is 24.8. The van der Waals surface area contributed by atoms with Crippen molar-refractivity contribution in [1.82, 2.24) is 0 Å². The average molecular weight is 459 g/mol. The molecular formula is C23H20Cl2N2O4. The molecule has 0 unspecified atom stereocenters. The van der Waals surface area contributed by atoms with Gasteiger partial charge in [0.2, 0.25) is 0 Å². The van der Waals surface area contributed by atoms with Gasteiger partial charge in [-0.25, -0.2) is 0 Å². The number of methoxy groups -OCH3 is 1. The molecule has 8 heteroatoms. The number of rotatable bonds is 7. The summed E-state index contributed by atoms with van der Waals surface area (Å²) in [5, 5.41) is 6.20. The van der Waals surface area contributed by atoms with E-state index in [1.54, 1.807) is 30.3 Å². The Morgan fingerprint density at radius 3 is 2.29 bits per heavy atom. The first-order valence-corrected chi connectivity index (χ1v) is 10.1. The first-order valence-electron chi connectivity index (χ1n) is 9.30. The van der Waals surface area contributed by atoms with E-state index in [1.165, 1.54) is 19.2 Å². The second-order valence-electron chi connectivity index (χ2n) is 6.60. The monoisotopic (exact) mass is 458 g/mol. The number of hydrogen-bond acceptors (Lipinski definition) is 4. The van der Waals surface area contributed by atoms with Gasteiger partial charge in [0, 0.05) is 16.7 Å². The highest BCUT2D eigenvalue weighted by molar-refractivity contribution is 6.34. The van der Waals surface area contributed by atoms with E-state index in [0.29, 0.717) is 33.5 Å². The lowest BCUT2D eigenvalue weighted by Gasteiger charge is -2.15. The van der Waals surface area contributed by atoms with Crippen molar-refractivity contribution in [2.45, 2.75) is 6.92 Å². The highest BCUT2D eigenvalue weighted by Gasteiger charge is 2.15. The predicted molar refractivity (Wildman–Crippen MR) is 123 cm³/mol. The summed E-state index contributed by atoms with van der Waals surface area (Å²) in [5.74, 6) is 0.225. The summed E-state index contributed by atoms with van der Waals surface area (Å²) in [6, 6.07) is 16.9. The molecule has 2 amide bonds. The highest BCUT2D eigenvalue weighted by Crippen LogP contribution is 2.35. The summed E-state index contributed by atoms with van der Waals surface area (Å²) in [5.41, 5.74) is 2.05. The van der Waals surface area contributed by atoms with Gasteiger partial charge in [-0.2, -0.15) is 0 Å². The topological polar surface area (TPSA) is 76.7 Å². The summed E-state index contributed by atoms with van der Waals surface area (Å²) in [6.07, 6.45) is 0. The Bertz CT molecular complexity index is 1100. The molecule has 0 saturated heterocycles. The molecule has 0 spiro atoms. The van der Waals surface area contributed by atoms with E-state index < -0.39 is 0 Å². The molecule has 3 rings (SSSR count). The second-order valence-corrected chi connectivity index (χ2v) is 7.44. The molecule has 3 aromatic carbocycles. The molecule has 0 heterocycles. The Labute approximate surface area is 190 Å². The maximum Gasteiger partial charge on any atom is 0.262 e. The largest absolute Gasteiger partial charge is 0.494 e. The van der Waals surface area contributed by atoms with Crippen LogP contribution >= 0.6 is 23.2 Å². The maximum absolute atomic E-state index is 12.4. The number of aryl methyl sites for hydroxylation is 1. The number of carbonyl (C=O) groups is 2. The first-order chi connectivity index (χ1) is 14.9. The number of hydrogen-bond donors (Lipinski definition) is 2. The van der Waals surface area contributed by atoms with E-state index >= 15 is 0 Å². The molecule has 0 aromatic heterocycles. The van der Waals surface area contributed by atoms with Gasteiger partial charge in [0.05, 0.1) is 23.5 Å². The van der Waals surface area contributed by atoms with Gasteiger partial charge >= 0.3 is 0 Å². The zero-order valence-electron chi connectivity index (χ0n) is 16.9. The van der Waals surface area contributed by atoms with Crippen molar-refractivity contribution in [1.29, 1.82) is 0 Å². The molecule has 0 aliphatic carbocycles. The Balaban J connectivity index is 1.69. The fourth-order valence-corrected chi connectivity index (χ4v) is 3.10. The van der Waals surface area contributed by atoms with Crippen LogP contribution in [0.3, 0.4) is 0 Å². The summed E-state index contributed by atoms with van der Waals surface area (Å²) in [6.45, 7) is 1.72. The van der Waals surface area contributed by atoms with E-state index in [2.05, 4.69) is 10.6 Å². The van der Waals surface area contributed by atoms with Crippen molar-refractivity contribution < 1.29 is 19.1 Å². The van der Waals surface area contributed by atoms with Crippen LogP contribution in [0.25, 0.3) is 0 Å². The van der Waals surface area contributed by atoms with Crippen LogP contribution in [0.15, 0.2) is 60.7 Å². The van der Waals surface area contributed by atoms with Gasteiger partial charge in [0.15, 0.2) is 6.61 Å². The van der Waals surface area contributed by atoms with Crippen molar-refractivity contribution >= 4 is 46.4 Å². The van der Waals surface area contributed by atoms with Gasteiger partial charge in [0.25, 0.3) is 11.8 Å². The highest BCUT2D eigenvalue weighted by atomic mass is 35.5. The molecule has 6 nitrogen and oxygen atoms in total. The Morgan fingerprint density at radius 1 is 0.903 bits per heavy atom. The SMILES string of the molecule is COc1cc(NC(=O)c2ccc(Cl)cc2)c(Cl)cc1NC(=O)COc1ccccc1C. The number of benzene rings is 3. The van der Waals surface area contributed by atoms with E-state index in [9.17, 15) is 9.59 Å². The number of para-hydroxylation sites is 1. The third-order valence-corrected chi connectivity index (χ3v) is 4.93. The molecule has 0 aliphatic heterocycles. The quantitative estimate of drug-likeness (QED) is 0.484. The van der Waals surface area contributed by atoms with Gasteiger partial charge in [-0.1, -0.05) is 41.4 Å². The first kappa shape index (κ1) is 22.5. The van der Waals surface area contributed by atoms with Gasteiger partial charge in [-0.15, -0.1) is 0 Å². The third-order valence-electron chi connectivity index (χ3n) is 4.37. The van der Waals surface area contributed by atoms with Crippen molar-refractivity contribution in [3.05, 3.63) is 81.8 Å². The Hall–Kier alpha value is -3.22. The molecule has 0 fully saturated rings. The minimum absolute atomic E-state index is 0.180. The van der Waals surface area contributed by atoms with E-state index in [-0.39, 0.29) is 23.4 Å². The van der Waals surface area contributed by atoms with Gasteiger partial charge in [-0.05, 0) is 48.9 Å². The van der Waals surface area contributed by atoms with Crippen LogP contribution in [0.5, 0.6) is 11.5 Å². The van der Waals surface area contributed by atoms with Gasteiger partial charge < -0.3 is 20.1 Å². The Morgan fingerprint density at radius 2 is 1.61 bits per heavy atom. The second kappa shape index (κ2) is 10.2. The molecular weight excluding hydrogens is 439 g/mol. The van der Waals surface area contributed by atoms with Crippen LogP contribution in [-0.4, -0.2) is 25.5 Å². The number of nitrogens with one attached hydrogen (secondary N) is 2. The molecule has 0 radical (unpaired) electrons. The van der Waals surface area contributed by atoms with E-state index in [0.717, 1.165) is 5.56 Å². The Kier molecular flexibility index (Phi) is 7.39. The molecule has 160 valence electrons. The summed E-state index contributed by atoms with van der Waals surface area (Å²) in [7, 11) is 1.45. The minimum Gasteiger partial charge on any atom is -0.494 e. The van der Waals surface area contributed by atoms with Crippen LogP contribution in [-0.2, 0) is 4.79 Å². The smallest absolute Gasteiger partial charge is 0.262 e. The zero-order valence-corrected chi connectivity index (χ0v) is 18.4. The van der Waals surface area contributed by atoms with Crippen molar-refractivity contribution in [3.8, 4) is 11.5 Å². The molecule has 0 atom stereocenters. The predicted octanol–water partition coefficient (Wildman–Crippen LogP) is 5.58. The van der Waals surface area contributed by atoms with Crippen LogP contribution in [0.2, 0.25) is 10.0 Å². The van der Waals surface area contributed by atoms with Crippen molar-refractivity contribution in [2.75, 3.05) is 24.4 Å². The van der Waals surface area contributed by atoms with Crippen molar-refractivity contribution in [2.24, 2.45) is 0 Å². The average Bonchev–Trinajstić information content (AvgIpc) is 2.75. The van der Waals surface area contributed by atoms with Crippen LogP contribution < -0.4 is 20.1 Å². The lowest BCUT2D eigenvalue weighted by atomic mass is 10.2.